The summed E-state index contributed by atoms with van der Waals surface area (Å²) in [5, 5.41) is 0. The molecule has 2 heterocycles. The molecule has 0 unspecified atom stereocenters. The second-order valence-electron chi connectivity index (χ2n) is 4.65. The smallest absolute Gasteiger partial charge is 0.363 e. The van der Waals surface area contributed by atoms with Crippen molar-refractivity contribution in [1.29, 1.82) is 0 Å². The van der Waals surface area contributed by atoms with Gasteiger partial charge >= 0.3 is 5.97 Å². The van der Waals surface area contributed by atoms with Crippen LogP contribution in [-0.4, -0.2) is 11.9 Å². The lowest BCUT2D eigenvalue weighted by atomic mass is 10.1. The molecule has 0 spiro atoms. The van der Waals surface area contributed by atoms with E-state index >= 15 is 0 Å². The number of nitrogens with zero attached hydrogens (tertiary/aromatic N) is 1. The first-order chi connectivity index (χ1) is 9.61. The molecule has 1 aromatic heterocycles. The molecule has 0 atom stereocenters. The van der Waals surface area contributed by atoms with Gasteiger partial charge in [0.05, 0.1) is 0 Å². The quantitative estimate of drug-likeness (QED) is 0.622. The minimum absolute atomic E-state index is 0.349. The van der Waals surface area contributed by atoms with E-state index in [1.165, 1.54) is 4.88 Å². The molecule has 0 N–H and O–H groups in total. The lowest BCUT2D eigenvalue weighted by molar-refractivity contribution is -0.129. The molecule has 1 aliphatic heterocycles. The summed E-state index contributed by atoms with van der Waals surface area (Å²) >= 11 is 1.62. The zero-order chi connectivity index (χ0) is 14.1. The first-order valence-corrected chi connectivity index (χ1v) is 7.09. The van der Waals surface area contributed by atoms with Crippen molar-refractivity contribution in [2.75, 3.05) is 0 Å². The molecule has 0 amide bonds. The fourth-order valence-electron chi connectivity index (χ4n) is 1.89. The Balaban J connectivity index is 1.92. The summed E-state index contributed by atoms with van der Waals surface area (Å²) in [6, 6.07) is 11.7. The number of carbonyl (C=O) groups excluding carboxylic acids is 1. The van der Waals surface area contributed by atoms with Gasteiger partial charge in [0.15, 0.2) is 5.70 Å². The summed E-state index contributed by atoms with van der Waals surface area (Å²) in [5.74, 6) is -0.0267. The SMILES string of the molecule is Cc1ccc(C2=NC(=Cc3ccc(C)s3)C(=O)O2)cc1. The van der Waals surface area contributed by atoms with Gasteiger partial charge in [-0.25, -0.2) is 9.79 Å². The molecule has 1 aromatic carbocycles. The Hall–Kier alpha value is -2.20. The van der Waals surface area contributed by atoms with E-state index < -0.39 is 5.97 Å². The number of esters is 1. The van der Waals surface area contributed by atoms with Gasteiger partial charge in [0.1, 0.15) is 0 Å². The van der Waals surface area contributed by atoms with Crippen molar-refractivity contribution in [2.45, 2.75) is 13.8 Å². The van der Waals surface area contributed by atoms with Crippen LogP contribution in [-0.2, 0) is 9.53 Å². The van der Waals surface area contributed by atoms with E-state index in [2.05, 4.69) is 4.99 Å². The fourth-order valence-corrected chi connectivity index (χ4v) is 2.71. The van der Waals surface area contributed by atoms with Crippen molar-refractivity contribution < 1.29 is 9.53 Å². The highest BCUT2D eigenvalue weighted by Crippen LogP contribution is 2.23. The van der Waals surface area contributed by atoms with Crippen molar-refractivity contribution >= 4 is 29.3 Å². The lowest BCUT2D eigenvalue weighted by Gasteiger charge is -1.99. The van der Waals surface area contributed by atoms with Crippen LogP contribution in [0.4, 0.5) is 0 Å². The normalized spacial score (nSPS) is 16.4. The number of cyclic esters (lactones) is 1. The summed E-state index contributed by atoms with van der Waals surface area (Å²) in [5.41, 5.74) is 2.32. The molecule has 1 aliphatic rings. The number of thiophene rings is 1. The Labute approximate surface area is 121 Å². The molecule has 0 radical (unpaired) electrons. The number of benzene rings is 1. The van der Waals surface area contributed by atoms with Crippen LogP contribution in [0.5, 0.6) is 0 Å². The van der Waals surface area contributed by atoms with Crippen LogP contribution >= 0.6 is 11.3 Å². The van der Waals surface area contributed by atoms with Gasteiger partial charge in [-0.1, -0.05) is 17.7 Å². The van der Waals surface area contributed by atoms with E-state index in [0.29, 0.717) is 11.6 Å². The number of hydrogen-bond donors (Lipinski definition) is 0. The molecule has 3 rings (SSSR count). The fraction of sp³-hybridized carbons (Fsp3) is 0.125. The van der Waals surface area contributed by atoms with Crippen LogP contribution < -0.4 is 0 Å². The van der Waals surface area contributed by atoms with E-state index in [9.17, 15) is 4.79 Å². The number of ether oxygens (including phenoxy) is 1. The lowest BCUT2D eigenvalue weighted by Crippen LogP contribution is -2.05. The standard InChI is InChI=1S/C16H13NO2S/c1-10-3-6-12(7-4-10)15-17-14(16(18)19-15)9-13-8-5-11(2)20-13/h3-9H,1-2H3. The minimum Gasteiger partial charge on any atom is -0.402 e. The van der Waals surface area contributed by atoms with E-state index in [4.69, 9.17) is 4.74 Å². The first-order valence-electron chi connectivity index (χ1n) is 6.28. The van der Waals surface area contributed by atoms with Gasteiger partial charge in [-0.05, 0) is 44.2 Å². The third kappa shape index (κ3) is 2.56. The van der Waals surface area contributed by atoms with Crippen LogP contribution in [0, 0.1) is 13.8 Å². The maximum absolute atomic E-state index is 11.8. The van der Waals surface area contributed by atoms with Crippen LogP contribution in [0.3, 0.4) is 0 Å². The molecule has 0 saturated carbocycles. The van der Waals surface area contributed by atoms with E-state index in [1.807, 2.05) is 50.2 Å². The predicted octanol–water partition coefficient (Wildman–Crippen LogP) is 3.71. The molecular formula is C16H13NO2S. The van der Waals surface area contributed by atoms with Crippen molar-refractivity contribution in [3.63, 3.8) is 0 Å². The Morgan fingerprint density at radius 3 is 2.50 bits per heavy atom. The van der Waals surface area contributed by atoms with Crippen LogP contribution in [0.15, 0.2) is 47.1 Å². The van der Waals surface area contributed by atoms with Crippen molar-refractivity contribution in [3.8, 4) is 0 Å². The molecule has 2 aromatic rings. The third-order valence-electron chi connectivity index (χ3n) is 2.96. The Bertz CT molecular complexity index is 723. The maximum atomic E-state index is 11.8. The highest BCUT2D eigenvalue weighted by atomic mass is 32.1. The largest absolute Gasteiger partial charge is 0.402 e. The average molecular weight is 283 g/mol. The summed E-state index contributed by atoms with van der Waals surface area (Å²) in [7, 11) is 0. The molecule has 0 bridgehead atoms. The Kier molecular flexibility index (Phi) is 3.24. The van der Waals surface area contributed by atoms with Gasteiger partial charge in [-0.3, -0.25) is 0 Å². The molecule has 20 heavy (non-hydrogen) atoms. The first kappa shape index (κ1) is 12.8. The molecule has 4 heteroatoms. The summed E-state index contributed by atoms with van der Waals surface area (Å²) in [6.45, 7) is 4.04. The van der Waals surface area contributed by atoms with Crippen molar-refractivity contribution in [3.05, 3.63) is 63.0 Å². The van der Waals surface area contributed by atoms with Crippen molar-refractivity contribution in [1.82, 2.24) is 0 Å². The van der Waals surface area contributed by atoms with E-state index in [-0.39, 0.29) is 0 Å². The zero-order valence-corrected chi connectivity index (χ0v) is 12.0. The van der Waals surface area contributed by atoms with Crippen LogP contribution in [0.1, 0.15) is 20.9 Å². The van der Waals surface area contributed by atoms with E-state index in [0.717, 1.165) is 16.0 Å². The molecule has 0 fully saturated rings. The third-order valence-corrected chi connectivity index (χ3v) is 3.91. The molecule has 0 aliphatic carbocycles. The number of aryl methyl sites for hydroxylation is 2. The van der Waals surface area contributed by atoms with Crippen LogP contribution in [0.25, 0.3) is 6.08 Å². The maximum Gasteiger partial charge on any atom is 0.363 e. The molecule has 0 saturated heterocycles. The number of rotatable bonds is 2. The monoisotopic (exact) mass is 283 g/mol. The molecular weight excluding hydrogens is 270 g/mol. The van der Waals surface area contributed by atoms with Gasteiger partial charge in [0.25, 0.3) is 0 Å². The summed E-state index contributed by atoms with van der Waals surface area (Å²) < 4.78 is 5.23. The Morgan fingerprint density at radius 1 is 1.10 bits per heavy atom. The second-order valence-corrected chi connectivity index (χ2v) is 5.97. The highest BCUT2D eigenvalue weighted by Gasteiger charge is 2.24. The second kappa shape index (κ2) is 5.06. The average Bonchev–Trinajstić information content (AvgIpc) is 2.98. The van der Waals surface area contributed by atoms with E-state index in [1.54, 1.807) is 17.4 Å². The van der Waals surface area contributed by atoms with Crippen molar-refractivity contribution in [2.24, 2.45) is 4.99 Å². The zero-order valence-electron chi connectivity index (χ0n) is 11.2. The number of carbonyl (C=O) groups is 1. The topological polar surface area (TPSA) is 38.7 Å². The number of aliphatic imine (C=N–C) groups is 1. The van der Waals surface area contributed by atoms with Gasteiger partial charge in [-0.2, -0.15) is 0 Å². The number of hydrogen-bond acceptors (Lipinski definition) is 4. The van der Waals surface area contributed by atoms with Gasteiger partial charge in [0.2, 0.25) is 5.90 Å². The Morgan fingerprint density at radius 2 is 1.85 bits per heavy atom. The predicted molar refractivity (Wildman–Crippen MR) is 80.8 cm³/mol. The van der Waals surface area contributed by atoms with Crippen LogP contribution in [0.2, 0.25) is 0 Å². The van der Waals surface area contributed by atoms with Gasteiger partial charge in [-0.15, -0.1) is 11.3 Å². The summed E-state index contributed by atoms with van der Waals surface area (Å²) in [4.78, 5) is 18.3. The minimum atomic E-state index is -0.397. The van der Waals surface area contributed by atoms with Gasteiger partial charge < -0.3 is 4.74 Å². The molecule has 100 valence electrons. The highest BCUT2D eigenvalue weighted by molar-refractivity contribution is 7.12. The summed E-state index contributed by atoms with van der Waals surface area (Å²) in [6.07, 6.45) is 1.77. The molecule has 3 nitrogen and oxygen atoms in total. The van der Waals surface area contributed by atoms with Gasteiger partial charge in [0, 0.05) is 15.3 Å².